The van der Waals surface area contributed by atoms with Crippen molar-refractivity contribution in [3.05, 3.63) is 0 Å². The van der Waals surface area contributed by atoms with Gasteiger partial charge < -0.3 is 15.5 Å². The molecule has 4 nitrogen and oxygen atoms in total. The molecule has 0 aliphatic carbocycles. The van der Waals surface area contributed by atoms with Crippen molar-refractivity contribution in [3.63, 3.8) is 0 Å². The molecular formula is C4H9BNO3. The highest BCUT2D eigenvalue weighted by molar-refractivity contribution is 6.27. The molecule has 0 aromatic rings. The molecule has 0 bridgehead atoms. The van der Waals surface area contributed by atoms with Gasteiger partial charge in [0.1, 0.15) is 0 Å². The molecule has 9 heavy (non-hydrogen) atoms. The Morgan fingerprint density at radius 2 is 2.44 bits per heavy atom. The highest BCUT2D eigenvalue weighted by Gasteiger charge is 1.96. The lowest BCUT2D eigenvalue weighted by molar-refractivity contribution is -0.136. The van der Waals surface area contributed by atoms with Crippen LogP contribution in [0.15, 0.2) is 0 Å². The third kappa shape index (κ3) is 7.45. The molecule has 0 aliphatic heterocycles. The number of carboxylic acid groups (broad SMARTS) is 1. The number of aliphatic carboxylic acids is 1. The van der Waals surface area contributed by atoms with E-state index in [4.69, 9.17) is 10.8 Å². The predicted molar refractivity (Wildman–Crippen MR) is 33.0 cm³/mol. The van der Waals surface area contributed by atoms with Crippen LogP contribution in [0.25, 0.3) is 0 Å². The number of nitrogens with two attached hydrogens (primary N) is 1. The SMILES string of the molecule is NCO[B]CCC(=O)O. The first-order valence-electron chi connectivity index (χ1n) is 2.62. The predicted octanol–water partition coefficient (Wildman–Crippen LogP) is -0.569. The van der Waals surface area contributed by atoms with Crippen LogP contribution in [-0.4, -0.2) is 25.3 Å². The zero-order valence-electron chi connectivity index (χ0n) is 5.04. The summed E-state index contributed by atoms with van der Waals surface area (Å²) in [7, 11) is 1.40. The molecule has 51 valence electrons. The minimum absolute atomic E-state index is 0.0972. The van der Waals surface area contributed by atoms with Crippen LogP contribution in [0, 0.1) is 0 Å². The third-order valence-electron chi connectivity index (χ3n) is 0.690. The lowest BCUT2D eigenvalue weighted by atomic mass is 9.93. The van der Waals surface area contributed by atoms with E-state index in [9.17, 15) is 4.79 Å². The largest absolute Gasteiger partial charge is 0.481 e. The molecular weight excluding hydrogens is 121 g/mol. The minimum Gasteiger partial charge on any atom is -0.481 e. The number of carboxylic acids is 1. The summed E-state index contributed by atoms with van der Waals surface area (Å²) in [6.07, 6.45) is 0.506. The van der Waals surface area contributed by atoms with E-state index >= 15 is 0 Å². The minimum atomic E-state index is -0.827. The first-order chi connectivity index (χ1) is 4.27. The van der Waals surface area contributed by atoms with Crippen LogP contribution in [0.5, 0.6) is 0 Å². The zero-order chi connectivity index (χ0) is 7.11. The Morgan fingerprint density at radius 1 is 1.78 bits per heavy atom. The van der Waals surface area contributed by atoms with E-state index in [2.05, 4.69) is 4.65 Å². The van der Waals surface area contributed by atoms with Crippen molar-refractivity contribution < 1.29 is 14.6 Å². The fraction of sp³-hybridized carbons (Fsp3) is 0.750. The Balaban J connectivity index is 2.83. The van der Waals surface area contributed by atoms with Gasteiger partial charge in [-0.25, -0.2) is 0 Å². The molecule has 3 N–H and O–H groups in total. The third-order valence-corrected chi connectivity index (χ3v) is 0.690. The Morgan fingerprint density at radius 3 is 2.89 bits per heavy atom. The summed E-state index contributed by atoms with van der Waals surface area (Å²) < 4.78 is 4.57. The van der Waals surface area contributed by atoms with Crippen molar-refractivity contribution in [2.45, 2.75) is 12.7 Å². The quantitative estimate of drug-likeness (QED) is 0.297. The van der Waals surface area contributed by atoms with Gasteiger partial charge in [-0.05, 0) is 6.32 Å². The molecule has 0 heterocycles. The fourth-order valence-corrected chi connectivity index (χ4v) is 0.334. The van der Waals surface area contributed by atoms with Gasteiger partial charge in [0.05, 0.1) is 6.73 Å². The van der Waals surface area contributed by atoms with Crippen LogP contribution < -0.4 is 5.73 Å². The van der Waals surface area contributed by atoms with Gasteiger partial charge in [0.25, 0.3) is 7.48 Å². The van der Waals surface area contributed by atoms with E-state index < -0.39 is 5.97 Å². The summed E-state index contributed by atoms with van der Waals surface area (Å²) in [5.41, 5.74) is 4.94. The van der Waals surface area contributed by atoms with Crippen LogP contribution in [0.4, 0.5) is 0 Å². The first kappa shape index (κ1) is 8.45. The summed E-state index contributed by atoms with van der Waals surface area (Å²) in [6, 6.07) is 0. The Hall–Kier alpha value is -0.545. The summed E-state index contributed by atoms with van der Waals surface area (Å²) in [5, 5.41) is 8.11. The van der Waals surface area contributed by atoms with Crippen molar-refractivity contribution in [2.75, 3.05) is 6.73 Å². The Labute approximate surface area is 54.3 Å². The highest BCUT2D eigenvalue weighted by atomic mass is 16.4. The molecule has 0 spiro atoms. The molecule has 0 saturated heterocycles. The number of hydrogen-bond donors (Lipinski definition) is 2. The van der Waals surface area contributed by atoms with Crippen LogP contribution in [0.2, 0.25) is 6.32 Å². The lowest BCUT2D eigenvalue weighted by Gasteiger charge is -1.93. The normalized spacial score (nSPS) is 9.00. The Bertz CT molecular complexity index is 87.9. The maximum atomic E-state index is 9.86. The summed E-state index contributed by atoms with van der Waals surface area (Å²) >= 11 is 0. The van der Waals surface area contributed by atoms with Crippen molar-refractivity contribution in [1.82, 2.24) is 0 Å². The first-order valence-corrected chi connectivity index (χ1v) is 2.62. The van der Waals surface area contributed by atoms with Gasteiger partial charge in [-0.2, -0.15) is 0 Å². The topological polar surface area (TPSA) is 72.5 Å². The molecule has 1 radical (unpaired) electrons. The summed E-state index contributed by atoms with van der Waals surface area (Å²) in [5.74, 6) is -0.827. The number of carbonyl (C=O) groups is 1. The van der Waals surface area contributed by atoms with Crippen molar-refractivity contribution in [1.29, 1.82) is 0 Å². The van der Waals surface area contributed by atoms with Crippen LogP contribution in [-0.2, 0) is 9.45 Å². The van der Waals surface area contributed by atoms with Crippen LogP contribution in [0.1, 0.15) is 6.42 Å². The van der Waals surface area contributed by atoms with E-state index in [-0.39, 0.29) is 13.2 Å². The number of rotatable bonds is 5. The average Bonchev–Trinajstić information content (AvgIpc) is 1.80. The van der Waals surface area contributed by atoms with Gasteiger partial charge in [-0.1, -0.05) is 0 Å². The van der Waals surface area contributed by atoms with Gasteiger partial charge >= 0.3 is 5.97 Å². The number of hydrogen-bond acceptors (Lipinski definition) is 3. The lowest BCUT2D eigenvalue weighted by Crippen LogP contribution is -2.09. The van der Waals surface area contributed by atoms with Crippen molar-refractivity contribution in [3.8, 4) is 0 Å². The molecule has 0 aromatic carbocycles. The summed E-state index contributed by atoms with van der Waals surface area (Å²) in [6.45, 7) is 0.111. The molecule has 5 heteroatoms. The molecule has 0 unspecified atom stereocenters. The zero-order valence-corrected chi connectivity index (χ0v) is 5.04. The second kappa shape index (κ2) is 5.59. The standard InChI is InChI=1S/C4H9BNO3/c6-3-9-5-2-1-4(7)8/h1-3,6H2,(H,7,8). The maximum absolute atomic E-state index is 9.86. The Kier molecular flexibility index (Phi) is 5.25. The molecule has 0 aromatic heterocycles. The monoisotopic (exact) mass is 130 g/mol. The van der Waals surface area contributed by atoms with Crippen molar-refractivity contribution in [2.24, 2.45) is 5.73 Å². The maximum Gasteiger partial charge on any atom is 0.302 e. The van der Waals surface area contributed by atoms with Gasteiger partial charge in [-0.3, -0.25) is 4.79 Å². The second-order valence-corrected chi connectivity index (χ2v) is 1.43. The van der Waals surface area contributed by atoms with Crippen molar-refractivity contribution >= 4 is 13.5 Å². The molecule has 0 atom stereocenters. The molecule has 0 saturated carbocycles. The van der Waals surface area contributed by atoms with E-state index in [1.807, 2.05) is 0 Å². The molecule has 0 fully saturated rings. The van der Waals surface area contributed by atoms with Gasteiger partial charge in [0, 0.05) is 6.42 Å². The van der Waals surface area contributed by atoms with Gasteiger partial charge in [0.15, 0.2) is 0 Å². The smallest absolute Gasteiger partial charge is 0.302 e. The van der Waals surface area contributed by atoms with Gasteiger partial charge in [-0.15, -0.1) is 0 Å². The van der Waals surface area contributed by atoms with E-state index in [0.29, 0.717) is 6.32 Å². The molecule has 0 aliphatic rings. The highest BCUT2D eigenvalue weighted by Crippen LogP contribution is 1.87. The van der Waals surface area contributed by atoms with E-state index in [0.717, 1.165) is 0 Å². The average molecular weight is 130 g/mol. The molecule has 0 amide bonds. The second-order valence-electron chi connectivity index (χ2n) is 1.43. The summed E-state index contributed by atoms with van der Waals surface area (Å²) in [4.78, 5) is 9.86. The molecule has 0 rings (SSSR count). The van der Waals surface area contributed by atoms with Crippen LogP contribution in [0.3, 0.4) is 0 Å². The van der Waals surface area contributed by atoms with E-state index in [1.165, 1.54) is 7.48 Å². The van der Waals surface area contributed by atoms with E-state index in [1.54, 1.807) is 0 Å². The van der Waals surface area contributed by atoms with Crippen LogP contribution >= 0.6 is 0 Å². The van der Waals surface area contributed by atoms with Gasteiger partial charge in [0.2, 0.25) is 0 Å². The fourth-order valence-electron chi connectivity index (χ4n) is 0.334.